The van der Waals surface area contributed by atoms with E-state index >= 15 is 0 Å². The van der Waals surface area contributed by atoms with Crippen molar-refractivity contribution in [2.45, 2.75) is 13.1 Å². The Hall–Kier alpha value is -2.56. The minimum Gasteiger partial charge on any atom is -0.733 e. The molecule has 3 N–H and O–H groups in total. The van der Waals surface area contributed by atoms with Gasteiger partial charge < -0.3 is 44.8 Å². The van der Waals surface area contributed by atoms with Gasteiger partial charge in [0.2, 0.25) is 11.8 Å². The summed E-state index contributed by atoms with van der Waals surface area (Å²) in [6, 6.07) is 2.87. The van der Waals surface area contributed by atoms with Gasteiger partial charge in [0.25, 0.3) is 0 Å². The van der Waals surface area contributed by atoms with E-state index in [1.54, 1.807) is 0 Å². The van der Waals surface area contributed by atoms with Crippen LogP contribution < -0.4 is 20.6 Å². The van der Waals surface area contributed by atoms with Gasteiger partial charge in [0.05, 0.1) is 78.7 Å². The number of hydrogen-bond acceptors (Lipinski definition) is 12. The number of benzene rings is 1. The minimum atomic E-state index is -0.261. The first kappa shape index (κ1) is 31.0. The van der Waals surface area contributed by atoms with E-state index in [4.69, 9.17) is 23.7 Å². The third-order valence-corrected chi connectivity index (χ3v) is 6.29. The number of amides is 2. The number of hydrogen-bond donors (Lipinski definition) is 3. The summed E-state index contributed by atoms with van der Waals surface area (Å²) in [5.74, 6) is -0.0945. The standard InChI is InChI=1S/C25H40N5O9/c1-35-25-20-14-22(30(33)34)15-21(25)17-27-24(32)19-29-4-8-38-11-10-36-6-2-28(18-23(31)26-16-20)3-7-37-12-13-39-9-5-29/h14-15,33H,2-13,16-19H2,1H3,(H,26,31)(H,27,32)/q-1. The average molecular weight is 555 g/mol. The van der Waals surface area contributed by atoms with E-state index in [-0.39, 0.29) is 48.9 Å². The van der Waals surface area contributed by atoms with Gasteiger partial charge in [0.1, 0.15) is 5.75 Å². The van der Waals surface area contributed by atoms with Crippen LogP contribution in [0.4, 0.5) is 5.69 Å². The molecule has 0 saturated carbocycles. The molecule has 0 atom stereocenters. The van der Waals surface area contributed by atoms with Crippen molar-refractivity contribution in [3.63, 3.8) is 0 Å². The van der Waals surface area contributed by atoms with Crippen molar-refractivity contribution < 1.29 is 38.5 Å². The molecule has 0 unspecified atom stereocenters. The van der Waals surface area contributed by atoms with Crippen molar-refractivity contribution in [2.24, 2.45) is 0 Å². The highest BCUT2D eigenvalue weighted by molar-refractivity contribution is 5.79. The predicted molar refractivity (Wildman–Crippen MR) is 140 cm³/mol. The number of nitrogens with zero attached hydrogens (tertiary/aromatic N) is 3. The SMILES string of the molecule is COc1c2cc(N([O-])O)cc1CNC(=O)CN1CCOCCOCCN(CCOCCOCC1)CC(=O)NC2. The summed E-state index contributed by atoms with van der Waals surface area (Å²) in [6.07, 6.45) is 0. The number of anilines is 1. The topological polar surface area (TPSA) is 157 Å². The highest BCUT2D eigenvalue weighted by Gasteiger charge is 2.18. The average Bonchev–Trinajstić information content (AvgIpc) is 2.91. The fraction of sp³-hybridized carbons (Fsp3) is 0.680. The van der Waals surface area contributed by atoms with Crippen LogP contribution in [0.15, 0.2) is 12.1 Å². The number of methoxy groups -OCH3 is 1. The van der Waals surface area contributed by atoms with Gasteiger partial charge in [-0.25, -0.2) is 0 Å². The number of carbonyl (C=O) groups excluding carboxylic acids is 2. The molecule has 1 aromatic carbocycles. The lowest BCUT2D eigenvalue weighted by atomic mass is 10.1. The first-order chi connectivity index (χ1) is 19.0. The number of carbonyl (C=O) groups is 2. The van der Waals surface area contributed by atoms with Crippen molar-refractivity contribution in [3.05, 3.63) is 28.5 Å². The highest BCUT2D eigenvalue weighted by Crippen LogP contribution is 2.29. The van der Waals surface area contributed by atoms with Gasteiger partial charge in [-0.3, -0.25) is 24.6 Å². The smallest absolute Gasteiger partial charge is 0.234 e. The van der Waals surface area contributed by atoms with E-state index in [1.807, 2.05) is 9.80 Å². The highest BCUT2D eigenvalue weighted by atomic mass is 16.8. The molecule has 1 aromatic rings. The van der Waals surface area contributed by atoms with Crippen LogP contribution >= 0.6 is 0 Å². The minimum absolute atomic E-state index is 0.0482. The molecule has 14 heteroatoms. The second kappa shape index (κ2) is 17.2. The van der Waals surface area contributed by atoms with Crippen LogP contribution in [-0.4, -0.2) is 126 Å². The third kappa shape index (κ3) is 11.2. The zero-order chi connectivity index (χ0) is 27.9. The second-order valence-corrected chi connectivity index (χ2v) is 9.13. The summed E-state index contributed by atoms with van der Waals surface area (Å²) in [4.78, 5) is 29.6. The zero-order valence-corrected chi connectivity index (χ0v) is 22.5. The summed E-state index contributed by atoms with van der Waals surface area (Å²) >= 11 is 0. The molecule has 4 rings (SSSR count). The normalized spacial score (nSPS) is 23.8. The van der Waals surface area contributed by atoms with Crippen molar-refractivity contribution in [3.8, 4) is 5.75 Å². The largest absolute Gasteiger partial charge is 0.733 e. The first-order valence-corrected chi connectivity index (χ1v) is 13.1. The molecule has 0 radical (unpaired) electrons. The van der Waals surface area contributed by atoms with Gasteiger partial charge in [-0.2, -0.15) is 0 Å². The fourth-order valence-corrected chi connectivity index (χ4v) is 4.24. The Kier molecular flexibility index (Phi) is 13.7. The van der Waals surface area contributed by atoms with Crippen molar-refractivity contribution in [2.75, 3.05) is 104 Å². The molecular formula is C25H40N5O9-. The van der Waals surface area contributed by atoms with Crippen LogP contribution in [0, 0.1) is 5.21 Å². The van der Waals surface area contributed by atoms with E-state index < -0.39 is 0 Å². The summed E-state index contributed by atoms with van der Waals surface area (Å²) in [6.45, 7) is 5.73. The van der Waals surface area contributed by atoms with Crippen LogP contribution in [0.1, 0.15) is 11.1 Å². The van der Waals surface area contributed by atoms with Crippen LogP contribution in [-0.2, 0) is 41.6 Å². The van der Waals surface area contributed by atoms with Crippen molar-refractivity contribution >= 4 is 17.5 Å². The second-order valence-electron chi connectivity index (χ2n) is 9.13. The van der Waals surface area contributed by atoms with Gasteiger partial charge in [-0.1, -0.05) is 0 Å². The van der Waals surface area contributed by atoms with Crippen molar-refractivity contribution in [1.29, 1.82) is 0 Å². The summed E-state index contributed by atoms with van der Waals surface area (Å²) < 4.78 is 28.3. The van der Waals surface area contributed by atoms with Crippen LogP contribution in [0.5, 0.6) is 5.75 Å². The number of ether oxygens (including phenoxy) is 5. The van der Waals surface area contributed by atoms with E-state index in [9.17, 15) is 20.0 Å². The molecular weight excluding hydrogens is 514 g/mol. The molecule has 3 aliphatic rings. The summed E-state index contributed by atoms with van der Waals surface area (Å²) in [5, 5.41) is 26.7. The Balaban J connectivity index is 1.86. The third-order valence-electron chi connectivity index (χ3n) is 6.29. The Morgan fingerprint density at radius 3 is 1.49 bits per heavy atom. The monoisotopic (exact) mass is 554 g/mol. The molecule has 0 aromatic heterocycles. The van der Waals surface area contributed by atoms with Gasteiger partial charge in [0, 0.05) is 50.4 Å². The van der Waals surface area contributed by atoms with Gasteiger partial charge >= 0.3 is 0 Å². The Bertz CT molecular complexity index is 822. The lowest BCUT2D eigenvalue weighted by Crippen LogP contribution is -2.40. The maximum atomic E-state index is 12.8. The molecule has 220 valence electrons. The van der Waals surface area contributed by atoms with E-state index in [2.05, 4.69) is 10.6 Å². The van der Waals surface area contributed by atoms with Gasteiger partial charge in [0.15, 0.2) is 0 Å². The fourth-order valence-electron chi connectivity index (χ4n) is 4.24. The Labute approximate surface area is 228 Å². The molecule has 14 nitrogen and oxygen atoms in total. The predicted octanol–water partition coefficient (Wildman–Crippen LogP) is -0.681. The molecule has 39 heavy (non-hydrogen) atoms. The van der Waals surface area contributed by atoms with Crippen LogP contribution in [0.2, 0.25) is 0 Å². The van der Waals surface area contributed by atoms with Crippen LogP contribution in [0.3, 0.4) is 0 Å². The molecule has 0 aliphatic carbocycles. The lowest BCUT2D eigenvalue weighted by molar-refractivity contribution is -0.123. The van der Waals surface area contributed by atoms with Gasteiger partial charge in [-0.15, -0.1) is 0 Å². The number of fused-ring (bicyclic) bond motifs is 20. The number of nitrogens with one attached hydrogen (secondary N) is 2. The van der Waals surface area contributed by atoms with Crippen molar-refractivity contribution in [1.82, 2.24) is 20.4 Å². The van der Waals surface area contributed by atoms with Crippen LogP contribution in [0.25, 0.3) is 0 Å². The van der Waals surface area contributed by atoms with Gasteiger partial charge in [-0.05, 0) is 12.1 Å². The molecule has 3 aliphatic heterocycles. The molecule has 1 saturated heterocycles. The molecule has 4 bridgehead atoms. The summed E-state index contributed by atoms with van der Waals surface area (Å²) in [7, 11) is 1.46. The molecule has 1 fully saturated rings. The lowest BCUT2D eigenvalue weighted by Gasteiger charge is -2.25. The Morgan fingerprint density at radius 2 is 1.15 bits per heavy atom. The van der Waals surface area contributed by atoms with E-state index in [0.717, 1.165) is 0 Å². The Morgan fingerprint density at radius 1 is 0.769 bits per heavy atom. The zero-order valence-electron chi connectivity index (χ0n) is 22.5. The molecule has 2 amide bonds. The maximum absolute atomic E-state index is 12.8. The van der Waals surface area contributed by atoms with E-state index in [0.29, 0.717) is 95.9 Å². The molecule has 0 spiro atoms. The first-order valence-electron chi connectivity index (χ1n) is 13.1. The van der Waals surface area contributed by atoms with E-state index in [1.165, 1.54) is 19.2 Å². The number of rotatable bonds is 2. The maximum Gasteiger partial charge on any atom is 0.234 e. The molecule has 3 heterocycles. The quantitative estimate of drug-likeness (QED) is 0.396. The summed E-state index contributed by atoms with van der Waals surface area (Å²) in [5.41, 5.74) is 0.912.